The molecular weight excluding hydrogens is 296 g/mol. The first kappa shape index (κ1) is 15.2. The molecule has 1 heterocycles. The predicted molar refractivity (Wildman–Crippen MR) is 82.7 cm³/mol. The smallest absolute Gasteiger partial charge is 0.313 e. The van der Waals surface area contributed by atoms with Crippen molar-refractivity contribution in [3.05, 3.63) is 23.2 Å². The van der Waals surface area contributed by atoms with Crippen LogP contribution in [0.25, 0.3) is 11.0 Å². The molecule has 1 aromatic carbocycles. The number of nitrogens with zero attached hydrogens (tertiary/aromatic N) is 2. The molecule has 6 heteroatoms. The summed E-state index contributed by atoms with van der Waals surface area (Å²) in [5, 5.41) is 10.2. The number of hydrogen-bond donors (Lipinski definition) is 1. The molecule has 1 aromatic heterocycles. The lowest BCUT2D eigenvalue weighted by Crippen LogP contribution is -2.26. The van der Waals surface area contributed by atoms with E-state index in [0.717, 1.165) is 17.5 Å². The lowest BCUT2D eigenvalue weighted by atomic mass is 10.0. The maximum absolute atomic E-state index is 10.8. The molecule has 2 aromatic rings. The minimum absolute atomic E-state index is 0.0132. The maximum atomic E-state index is 10.8. The Morgan fingerprint density at radius 2 is 2.20 bits per heavy atom. The van der Waals surface area contributed by atoms with Crippen molar-refractivity contribution in [2.45, 2.75) is 37.9 Å². The zero-order valence-corrected chi connectivity index (χ0v) is 13.3. The summed E-state index contributed by atoms with van der Waals surface area (Å²) >= 11 is 7.42. The molecular formula is C14H17ClN2O2S. The quantitative estimate of drug-likeness (QED) is 0.847. The highest BCUT2D eigenvalue weighted by molar-refractivity contribution is 7.99. The number of hydrogen-bond acceptors (Lipinski definition) is 3. The second-order valence-electron chi connectivity index (χ2n) is 5.19. The van der Waals surface area contributed by atoms with E-state index in [-0.39, 0.29) is 11.3 Å². The van der Waals surface area contributed by atoms with Crippen molar-refractivity contribution < 1.29 is 9.90 Å². The number of halogens is 1. The summed E-state index contributed by atoms with van der Waals surface area (Å²) in [4.78, 5) is 15.3. The van der Waals surface area contributed by atoms with Crippen LogP contribution in [0.2, 0.25) is 5.02 Å². The molecule has 0 fully saturated rings. The molecule has 0 spiro atoms. The van der Waals surface area contributed by atoms with E-state index >= 15 is 0 Å². The normalized spacial score (nSPS) is 12.0. The molecule has 4 nitrogen and oxygen atoms in total. The summed E-state index contributed by atoms with van der Waals surface area (Å²) in [5.74, 6) is -0.866. The molecule has 1 N–H and O–H groups in total. The zero-order chi connectivity index (χ0) is 14.9. The minimum Gasteiger partial charge on any atom is -0.481 e. The first-order valence-corrected chi connectivity index (χ1v) is 7.75. The van der Waals surface area contributed by atoms with Crippen LogP contribution >= 0.6 is 23.4 Å². The molecule has 0 saturated carbocycles. The Labute approximate surface area is 127 Å². The molecule has 0 atom stereocenters. The van der Waals surface area contributed by atoms with Crippen LogP contribution < -0.4 is 0 Å². The number of benzene rings is 1. The molecule has 0 aliphatic rings. The summed E-state index contributed by atoms with van der Waals surface area (Å²) < 4.78 is 2.09. The van der Waals surface area contributed by atoms with Crippen molar-refractivity contribution >= 4 is 40.4 Å². The zero-order valence-electron chi connectivity index (χ0n) is 11.7. The Bertz CT molecular complexity index is 652. The molecule has 0 amide bonds. The fourth-order valence-corrected chi connectivity index (χ4v) is 3.10. The third kappa shape index (κ3) is 2.79. The van der Waals surface area contributed by atoms with Gasteiger partial charge in [-0.15, -0.1) is 0 Å². The molecule has 20 heavy (non-hydrogen) atoms. The topological polar surface area (TPSA) is 55.1 Å². The van der Waals surface area contributed by atoms with E-state index in [9.17, 15) is 4.79 Å². The molecule has 0 aliphatic carbocycles. The van der Waals surface area contributed by atoms with E-state index < -0.39 is 5.97 Å². The minimum atomic E-state index is -0.853. The van der Waals surface area contributed by atoms with Gasteiger partial charge in [0.05, 0.1) is 16.3 Å². The number of aromatic nitrogens is 2. The van der Waals surface area contributed by atoms with Crippen LogP contribution in [0.15, 0.2) is 23.4 Å². The van der Waals surface area contributed by atoms with Crippen LogP contribution in [0, 0.1) is 0 Å². The second-order valence-corrected chi connectivity index (χ2v) is 6.54. The average Bonchev–Trinajstić information content (AvgIpc) is 2.77. The third-order valence-corrected chi connectivity index (χ3v) is 4.63. The van der Waals surface area contributed by atoms with Gasteiger partial charge in [0.15, 0.2) is 5.16 Å². The number of aliphatic carboxylic acids is 1. The van der Waals surface area contributed by atoms with Crippen molar-refractivity contribution in [2.75, 3.05) is 5.75 Å². The Hall–Kier alpha value is -1.20. The second kappa shape index (κ2) is 5.66. The number of thioether (sulfide) groups is 1. The fraction of sp³-hybridized carbons (Fsp3) is 0.429. The van der Waals surface area contributed by atoms with Crippen LogP contribution in [-0.4, -0.2) is 26.4 Å². The van der Waals surface area contributed by atoms with Gasteiger partial charge in [-0.05, 0) is 32.4 Å². The van der Waals surface area contributed by atoms with Crippen LogP contribution in [0.4, 0.5) is 0 Å². The number of imidazole rings is 1. The molecule has 0 saturated heterocycles. The van der Waals surface area contributed by atoms with E-state index in [1.165, 1.54) is 11.8 Å². The molecule has 0 aliphatic heterocycles. The first-order valence-electron chi connectivity index (χ1n) is 6.39. The summed E-state index contributed by atoms with van der Waals surface area (Å²) in [6.45, 7) is 6.32. The van der Waals surface area contributed by atoms with Crippen LogP contribution in [0.1, 0.15) is 27.2 Å². The van der Waals surface area contributed by atoms with E-state index in [4.69, 9.17) is 16.7 Å². The molecule has 2 rings (SSSR count). The molecule has 108 valence electrons. The van der Waals surface area contributed by atoms with E-state index in [1.54, 1.807) is 6.07 Å². The van der Waals surface area contributed by atoms with Gasteiger partial charge in [-0.2, -0.15) is 0 Å². The van der Waals surface area contributed by atoms with Crippen molar-refractivity contribution in [1.29, 1.82) is 0 Å². The Kier molecular flexibility index (Phi) is 4.30. The number of para-hydroxylation sites is 1. The van der Waals surface area contributed by atoms with Crippen LogP contribution in [0.5, 0.6) is 0 Å². The Morgan fingerprint density at radius 1 is 1.50 bits per heavy atom. The summed E-state index contributed by atoms with van der Waals surface area (Å²) in [6, 6.07) is 5.66. The van der Waals surface area contributed by atoms with E-state index in [1.807, 2.05) is 12.1 Å². The first-order chi connectivity index (χ1) is 9.36. The average molecular weight is 313 g/mol. The van der Waals surface area contributed by atoms with Gasteiger partial charge in [-0.1, -0.05) is 36.4 Å². The highest BCUT2D eigenvalue weighted by Gasteiger charge is 2.25. The van der Waals surface area contributed by atoms with E-state index in [0.29, 0.717) is 10.2 Å². The number of fused-ring (bicyclic) bond motifs is 1. The van der Waals surface area contributed by atoms with Crippen LogP contribution in [-0.2, 0) is 10.3 Å². The van der Waals surface area contributed by atoms with Gasteiger partial charge < -0.3 is 9.67 Å². The highest BCUT2D eigenvalue weighted by Crippen LogP contribution is 2.34. The van der Waals surface area contributed by atoms with Crippen LogP contribution in [0.3, 0.4) is 0 Å². The van der Waals surface area contributed by atoms with Gasteiger partial charge in [0.1, 0.15) is 5.52 Å². The van der Waals surface area contributed by atoms with Crippen molar-refractivity contribution in [3.8, 4) is 0 Å². The highest BCUT2D eigenvalue weighted by atomic mass is 35.5. The largest absolute Gasteiger partial charge is 0.481 e. The van der Waals surface area contributed by atoms with Gasteiger partial charge in [0.25, 0.3) is 0 Å². The number of carbonyl (C=O) groups is 1. The van der Waals surface area contributed by atoms with E-state index in [2.05, 4.69) is 30.3 Å². The number of carboxylic acids is 1. The number of carboxylic acid groups (broad SMARTS) is 1. The Balaban J connectivity index is 2.63. The molecule has 0 unspecified atom stereocenters. The predicted octanol–water partition coefficient (Wildman–Crippen LogP) is 4.01. The summed E-state index contributed by atoms with van der Waals surface area (Å²) in [7, 11) is 0. The standard InChI is InChI=1S/C14H17ClN2O2S/c1-4-14(2,3)17-10-7-5-6-9(15)12(10)16-13(17)20-8-11(18)19/h5-7H,4,8H2,1-3H3,(H,18,19). The van der Waals surface area contributed by atoms with Crippen molar-refractivity contribution in [1.82, 2.24) is 9.55 Å². The third-order valence-electron chi connectivity index (χ3n) is 3.40. The van der Waals surface area contributed by atoms with Gasteiger partial charge in [-0.25, -0.2) is 4.98 Å². The monoisotopic (exact) mass is 312 g/mol. The van der Waals surface area contributed by atoms with Crippen molar-refractivity contribution in [3.63, 3.8) is 0 Å². The fourth-order valence-electron chi connectivity index (χ4n) is 2.01. The van der Waals surface area contributed by atoms with Gasteiger partial charge in [0, 0.05) is 5.54 Å². The molecule has 0 radical (unpaired) electrons. The summed E-state index contributed by atoms with van der Waals surface area (Å²) in [5.41, 5.74) is 1.51. The van der Waals surface area contributed by atoms with Crippen molar-refractivity contribution in [2.24, 2.45) is 0 Å². The maximum Gasteiger partial charge on any atom is 0.313 e. The summed E-state index contributed by atoms with van der Waals surface area (Å²) in [6.07, 6.45) is 0.908. The van der Waals surface area contributed by atoms with Gasteiger partial charge in [0.2, 0.25) is 0 Å². The Morgan fingerprint density at radius 3 is 2.80 bits per heavy atom. The van der Waals surface area contributed by atoms with Gasteiger partial charge in [-0.3, -0.25) is 4.79 Å². The number of rotatable bonds is 5. The SMILES string of the molecule is CCC(C)(C)n1c(SCC(=O)O)nc2c(Cl)cccc21. The lowest BCUT2D eigenvalue weighted by molar-refractivity contribution is -0.133. The molecule has 0 bridgehead atoms. The van der Waals surface area contributed by atoms with Gasteiger partial charge >= 0.3 is 5.97 Å². The lowest BCUT2D eigenvalue weighted by Gasteiger charge is -2.27.